The van der Waals surface area contributed by atoms with Crippen molar-refractivity contribution >= 4 is 11.3 Å². The molecule has 2 rings (SSSR count). The molecule has 0 saturated carbocycles. The van der Waals surface area contributed by atoms with Gasteiger partial charge in [-0.15, -0.1) is 11.3 Å². The Morgan fingerprint density at radius 3 is 3.13 bits per heavy atom. The minimum atomic E-state index is 0.0313. The molecule has 0 aliphatic rings. The average molecular weight is 222 g/mol. The molecule has 0 fully saturated rings. The SMILES string of the molecule is CC(N)c1cncn1CCc1nccs1. The van der Waals surface area contributed by atoms with Crippen molar-refractivity contribution in [2.75, 3.05) is 0 Å². The highest BCUT2D eigenvalue weighted by Crippen LogP contribution is 2.11. The van der Waals surface area contributed by atoms with E-state index in [1.54, 1.807) is 11.3 Å². The second kappa shape index (κ2) is 4.55. The number of rotatable bonds is 4. The zero-order valence-electron chi connectivity index (χ0n) is 8.63. The summed E-state index contributed by atoms with van der Waals surface area (Å²) in [6.07, 6.45) is 6.42. The third-order valence-electron chi connectivity index (χ3n) is 2.26. The molecule has 2 N–H and O–H groups in total. The van der Waals surface area contributed by atoms with E-state index in [1.807, 2.05) is 31.0 Å². The highest BCUT2D eigenvalue weighted by Gasteiger charge is 2.06. The molecule has 15 heavy (non-hydrogen) atoms. The standard InChI is InChI=1S/C10H14N4S/c1-8(11)9-6-12-7-14(9)4-2-10-13-3-5-15-10/h3,5-8H,2,4,11H2,1H3. The Morgan fingerprint density at radius 2 is 2.47 bits per heavy atom. The molecule has 4 nitrogen and oxygen atoms in total. The van der Waals surface area contributed by atoms with E-state index in [-0.39, 0.29) is 6.04 Å². The number of imidazole rings is 1. The Balaban J connectivity index is 2.02. The fourth-order valence-corrected chi connectivity index (χ4v) is 2.10. The van der Waals surface area contributed by atoms with Gasteiger partial charge in [0, 0.05) is 36.8 Å². The predicted octanol–water partition coefficient (Wildman–Crippen LogP) is 1.60. The Kier molecular flexibility index (Phi) is 3.13. The number of nitrogens with two attached hydrogens (primary N) is 1. The summed E-state index contributed by atoms with van der Waals surface area (Å²) in [6, 6.07) is 0.0313. The van der Waals surface area contributed by atoms with Gasteiger partial charge in [0.05, 0.1) is 17.0 Å². The number of hydrogen-bond donors (Lipinski definition) is 1. The lowest BCUT2D eigenvalue weighted by molar-refractivity contribution is 0.622. The van der Waals surface area contributed by atoms with Crippen LogP contribution in [0.3, 0.4) is 0 Å². The van der Waals surface area contributed by atoms with Crippen molar-refractivity contribution in [3.8, 4) is 0 Å². The molecule has 0 saturated heterocycles. The lowest BCUT2D eigenvalue weighted by Crippen LogP contribution is -2.12. The van der Waals surface area contributed by atoms with Gasteiger partial charge >= 0.3 is 0 Å². The van der Waals surface area contributed by atoms with E-state index in [9.17, 15) is 0 Å². The van der Waals surface area contributed by atoms with Gasteiger partial charge in [-0.1, -0.05) is 0 Å². The van der Waals surface area contributed by atoms with Gasteiger partial charge in [0.15, 0.2) is 0 Å². The first kappa shape index (κ1) is 10.3. The first-order chi connectivity index (χ1) is 7.27. The van der Waals surface area contributed by atoms with Crippen LogP contribution in [0.5, 0.6) is 0 Å². The van der Waals surface area contributed by atoms with Crippen LogP contribution >= 0.6 is 11.3 Å². The second-order valence-electron chi connectivity index (χ2n) is 3.48. The van der Waals surface area contributed by atoms with E-state index in [4.69, 9.17) is 5.73 Å². The summed E-state index contributed by atoms with van der Waals surface area (Å²) in [4.78, 5) is 8.35. The molecule has 80 valence electrons. The van der Waals surface area contributed by atoms with E-state index >= 15 is 0 Å². The molecule has 5 heteroatoms. The smallest absolute Gasteiger partial charge is 0.0948 e. The summed E-state index contributed by atoms with van der Waals surface area (Å²) in [6.45, 7) is 2.86. The van der Waals surface area contributed by atoms with Crippen LogP contribution in [0.2, 0.25) is 0 Å². The number of thiazole rings is 1. The van der Waals surface area contributed by atoms with Gasteiger partial charge in [0.1, 0.15) is 0 Å². The Bertz CT molecular complexity index is 405. The summed E-state index contributed by atoms with van der Waals surface area (Å²) in [5.74, 6) is 0. The van der Waals surface area contributed by atoms with Crippen LogP contribution in [-0.4, -0.2) is 14.5 Å². The fraction of sp³-hybridized carbons (Fsp3) is 0.400. The van der Waals surface area contributed by atoms with Crippen molar-refractivity contribution in [1.82, 2.24) is 14.5 Å². The van der Waals surface area contributed by atoms with Gasteiger partial charge in [-0.25, -0.2) is 9.97 Å². The number of nitrogens with zero attached hydrogens (tertiary/aromatic N) is 3. The van der Waals surface area contributed by atoms with E-state index < -0.39 is 0 Å². The van der Waals surface area contributed by atoms with Gasteiger partial charge in [0.25, 0.3) is 0 Å². The van der Waals surface area contributed by atoms with Crippen LogP contribution in [0.15, 0.2) is 24.1 Å². The zero-order valence-corrected chi connectivity index (χ0v) is 9.44. The number of aryl methyl sites for hydroxylation is 2. The number of hydrogen-bond acceptors (Lipinski definition) is 4. The maximum Gasteiger partial charge on any atom is 0.0948 e. The fourth-order valence-electron chi connectivity index (χ4n) is 1.49. The van der Waals surface area contributed by atoms with Crippen LogP contribution < -0.4 is 5.73 Å². The van der Waals surface area contributed by atoms with Gasteiger partial charge in [-0.2, -0.15) is 0 Å². The summed E-state index contributed by atoms with van der Waals surface area (Å²) in [7, 11) is 0. The molecule has 1 unspecified atom stereocenters. The molecule has 2 aromatic heterocycles. The van der Waals surface area contributed by atoms with E-state index in [0.717, 1.165) is 23.7 Å². The van der Waals surface area contributed by atoms with Crippen LogP contribution in [0, 0.1) is 0 Å². The maximum absolute atomic E-state index is 5.83. The summed E-state index contributed by atoms with van der Waals surface area (Å²) in [5, 5.41) is 3.15. The highest BCUT2D eigenvalue weighted by atomic mass is 32.1. The topological polar surface area (TPSA) is 56.7 Å². The molecular formula is C10H14N4S. The van der Waals surface area contributed by atoms with Crippen LogP contribution in [0.4, 0.5) is 0 Å². The van der Waals surface area contributed by atoms with Crippen molar-refractivity contribution in [2.24, 2.45) is 5.73 Å². The zero-order chi connectivity index (χ0) is 10.7. The quantitative estimate of drug-likeness (QED) is 0.855. The van der Waals surface area contributed by atoms with Crippen molar-refractivity contribution in [3.63, 3.8) is 0 Å². The van der Waals surface area contributed by atoms with Gasteiger partial charge in [0.2, 0.25) is 0 Å². The first-order valence-electron chi connectivity index (χ1n) is 4.91. The Morgan fingerprint density at radius 1 is 1.60 bits per heavy atom. The lowest BCUT2D eigenvalue weighted by atomic mass is 10.2. The molecule has 2 heterocycles. The Hall–Kier alpha value is -1.20. The predicted molar refractivity (Wildman–Crippen MR) is 60.6 cm³/mol. The third-order valence-corrected chi connectivity index (χ3v) is 3.10. The highest BCUT2D eigenvalue weighted by molar-refractivity contribution is 7.09. The van der Waals surface area contributed by atoms with Gasteiger partial charge in [-0.05, 0) is 6.92 Å². The second-order valence-corrected chi connectivity index (χ2v) is 4.46. The van der Waals surface area contributed by atoms with Crippen LogP contribution in [0.25, 0.3) is 0 Å². The first-order valence-corrected chi connectivity index (χ1v) is 5.79. The van der Waals surface area contributed by atoms with Crippen LogP contribution in [-0.2, 0) is 13.0 Å². The van der Waals surface area contributed by atoms with Gasteiger partial charge < -0.3 is 10.3 Å². The molecule has 0 aliphatic heterocycles. The van der Waals surface area contributed by atoms with E-state index in [0.29, 0.717) is 0 Å². The molecular weight excluding hydrogens is 208 g/mol. The normalized spacial score (nSPS) is 12.9. The van der Waals surface area contributed by atoms with Crippen molar-refractivity contribution in [3.05, 3.63) is 34.8 Å². The van der Waals surface area contributed by atoms with E-state index in [1.165, 1.54) is 0 Å². The Labute approximate surface area is 92.8 Å². The average Bonchev–Trinajstić information content (AvgIpc) is 2.86. The molecule has 0 aromatic carbocycles. The third kappa shape index (κ3) is 2.43. The van der Waals surface area contributed by atoms with Crippen LogP contribution in [0.1, 0.15) is 23.7 Å². The minimum Gasteiger partial charge on any atom is -0.333 e. The molecule has 0 spiro atoms. The molecule has 0 aliphatic carbocycles. The largest absolute Gasteiger partial charge is 0.333 e. The van der Waals surface area contributed by atoms with Crippen molar-refractivity contribution in [2.45, 2.75) is 25.9 Å². The minimum absolute atomic E-state index is 0.0313. The maximum atomic E-state index is 5.83. The van der Waals surface area contributed by atoms with Gasteiger partial charge in [-0.3, -0.25) is 0 Å². The molecule has 2 aromatic rings. The molecule has 1 atom stereocenters. The summed E-state index contributed by atoms with van der Waals surface area (Å²) in [5.41, 5.74) is 6.91. The lowest BCUT2D eigenvalue weighted by Gasteiger charge is -2.09. The molecule has 0 bridgehead atoms. The van der Waals surface area contributed by atoms with Crippen molar-refractivity contribution in [1.29, 1.82) is 0 Å². The van der Waals surface area contributed by atoms with Crippen molar-refractivity contribution < 1.29 is 0 Å². The monoisotopic (exact) mass is 222 g/mol. The van der Waals surface area contributed by atoms with E-state index in [2.05, 4.69) is 14.5 Å². The summed E-state index contributed by atoms with van der Waals surface area (Å²) >= 11 is 1.68. The summed E-state index contributed by atoms with van der Waals surface area (Å²) < 4.78 is 2.09. The number of aromatic nitrogens is 3. The molecule has 0 amide bonds. The molecule has 0 radical (unpaired) electrons.